The normalized spacial score (nSPS) is 13.3. The van der Waals surface area contributed by atoms with E-state index in [2.05, 4.69) is 10.6 Å². The van der Waals surface area contributed by atoms with Gasteiger partial charge in [-0.05, 0) is 49.6 Å². The zero-order valence-corrected chi connectivity index (χ0v) is 15.8. The molecular weight excluding hydrogens is 360 g/mol. The largest absolute Gasteiger partial charge is 0.366 e. The third-order valence-electron chi connectivity index (χ3n) is 4.77. The molecule has 2 aromatic rings. The minimum atomic E-state index is -0.451. The van der Waals surface area contributed by atoms with Gasteiger partial charge in [-0.3, -0.25) is 19.7 Å². The molecule has 1 aliphatic heterocycles. The molecule has 146 valence electrons. The van der Waals surface area contributed by atoms with Crippen molar-refractivity contribution in [1.82, 2.24) is 0 Å². The van der Waals surface area contributed by atoms with Crippen LogP contribution in [0.15, 0.2) is 36.4 Å². The molecular formula is C20H22N4O4. The minimum Gasteiger partial charge on any atom is -0.366 e. The first-order chi connectivity index (χ1) is 13.4. The molecule has 3 rings (SSSR count). The van der Waals surface area contributed by atoms with Crippen LogP contribution in [0.4, 0.5) is 22.7 Å². The Morgan fingerprint density at radius 2 is 1.71 bits per heavy atom. The summed E-state index contributed by atoms with van der Waals surface area (Å²) >= 11 is 0. The second kappa shape index (κ2) is 8.08. The maximum absolute atomic E-state index is 12.7. The summed E-state index contributed by atoms with van der Waals surface area (Å²) in [6.45, 7) is 4.74. The first kappa shape index (κ1) is 19.3. The standard InChI is InChI=1S/C20H22N4O4/c1-13-16(21-14(2)25)6-5-7-17(13)22-20(26)15-8-9-18(19(12-15)24(27)28)23-10-3-4-11-23/h5-9,12H,3-4,10-11H2,1-2H3,(H,21,25)(H,22,26). The van der Waals surface area contributed by atoms with Crippen LogP contribution in [0.5, 0.6) is 0 Å². The number of nitro groups is 1. The van der Waals surface area contributed by atoms with E-state index in [0.29, 0.717) is 22.6 Å². The van der Waals surface area contributed by atoms with E-state index >= 15 is 0 Å². The number of anilines is 3. The van der Waals surface area contributed by atoms with Gasteiger partial charge < -0.3 is 15.5 Å². The van der Waals surface area contributed by atoms with E-state index in [9.17, 15) is 19.7 Å². The van der Waals surface area contributed by atoms with Crippen molar-refractivity contribution < 1.29 is 14.5 Å². The van der Waals surface area contributed by atoms with E-state index in [0.717, 1.165) is 25.9 Å². The highest BCUT2D eigenvalue weighted by atomic mass is 16.6. The molecule has 1 heterocycles. The molecule has 8 nitrogen and oxygen atoms in total. The van der Waals surface area contributed by atoms with E-state index in [-0.39, 0.29) is 17.2 Å². The molecule has 0 spiro atoms. The summed E-state index contributed by atoms with van der Waals surface area (Å²) in [6.07, 6.45) is 2.01. The second-order valence-corrected chi connectivity index (χ2v) is 6.77. The molecule has 0 aliphatic carbocycles. The Morgan fingerprint density at radius 1 is 1.07 bits per heavy atom. The third-order valence-corrected chi connectivity index (χ3v) is 4.77. The van der Waals surface area contributed by atoms with Gasteiger partial charge in [0, 0.05) is 43.0 Å². The van der Waals surface area contributed by atoms with Crippen LogP contribution in [-0.4, -0.2) is 29.8 Å². The number of nitrogens with one attached hydrogen (secondary N) is 2. The maximum atomic E-state index is 12.7. The lowest BCUT2D eigenvalue weighted by Gasteiger charge is -2.18. The van der Waals surface area contributed by atoms with Gasteiger partial charge in [-0.2, -0.15) is 0 Å². The van der Waals surface area contributed by atoms with E-state index in [1.807, 2.05) is 4.90 Å². The van der Waals surface area contributed by atoms with Crippen LogP contribution >= 0.6 is 0 Å². The average molecular weight is 382 g/mol. The predicted octanol–water partition coefficient (Wildman–Crippen LogP) is 3.71. The Morgan fingerprint density at radius 3 is 2.32 bits per heavy atom. The van der Waals surface area contributed by atoms with Crippen molar-refractivity contribution >= 4 is 34.6 Å². The van der Waals surface area contributed by atoms with Gasteiger partial charge in [0.2, 0.25) is 5.91 Å². The van der Waals surface area contributed by atoms with Crippen LogP contribution in [-0.2, 0) is 4.79 Å². The van der Waals surface area contributed by atoms with E-state index in [1.165, 1.54) is 13.0 Å². The summed E-state index contributed by atoms with van der Waals surface area (Å²) in [5.74, 6) is -0.654. The van der Waals surface area contributed by atoms with Gasteiger partial charge in [0.15, 0.2) is 0 Å². The third kappa shape index (κ3) is 4.11. The minimum absolute atomic E-state index is 0.0710. The van der Waals surface area contributed by atoms with Gasteiger partial charge in [-0.25, -0.2) is 0 Å². The highest BCUT2D eigenvalue weighted by molar-refractivity contribution is 6.06. The lowest BCUT2D eigenvalue weighted by atomic mass is 10.1. The summed E-state index contributed by atoms with van der Waals surface area (Å²) in [5, 5.41) is 17.0. The molecule has 0 bridgehead atoms. The van der Waals surface area contributed by atoms with Crippen molar-refractivity contribution in [3.05, 3.63) is 57.6 Å². The first-order valence-corrected chi connectivity index (χ1v) is 9.09. The highest BCUT2D eigenvalue weighted by Gasteiger charge is 2.24. The fraction of sp³-hybridized carbons (Fsp3) is 0.300. The molecule has 1 aliphatic rings. The number of benzene rings is 2. The molecule has 0 atom stereocenters. The molecule has 8 heteroatoms. The fourth-order valence-electron chi connectivity index (χ4n) is 3.33. The molecule has 1 saturated heterocycles. The van der Waals surface area contributed by atoms with Gasteiger partial charge in [0.25, 0.3) is 11.6 Å². The molecule has 0 radical (unpaired) electrons. The van der Waals surface area contributed by atoms with Crippen molar-refractivity contribution in [3.63, 3.8) is 0 Å². The number of hydrogen-bond donors (Lipinski definition) is 2. The first-order valence-electron chi connectivity index (χ1n) is 9.09. The van der Waals surface area contributed by atoms with Crippen molar-refractivity contribution in [2.45, 2.75) is 26.7 Å². The van der Waals surface area contributed by atoms with Crippen LogP contribution in [0.3, 0.4) is 0 Å². The van der Waals surface area contributed by atoms with Gasteiger partial charge in [0.1, 0.15) is 5.69 Å². The lowest BCUT2D eigenvalue weighted by molar-refractivity contribution is -0.384. The van der Waals surface area contributed by atoms with Crippen LogP contribution in [0.2, 0.25) is 0 Å². The Balaban J connectivity index is 1.86. The summed E-state index contributed by atoms with van der Waals surface area (Å²) in [7, 11) is 0. The highest BCUT2D eigenvalue weighted by Crippen LogP contribution is 2.32. The fourth-order valence-corrected chi connectivity index (χ4v) is 3.33. The van der Waals surface area contributed by atoms with Crippen molar-refractivity contribution in [3.8, 4) is 0 Å². The molecule has 28 heavy (non-hydrogen) atoms. The van der Waals surface area contributed by atoms with Crippen LogP contribution in [0.25, 0.3) is 0 Å². The Bertz CT molecular complexity index is 936. The van der Waals surface area contributed by atoms with Crippen LogP contribution in [0, 0.1) is 17.0 Å². The number of nitrogens with zero attached hydrogens (tertiary/aromatic N) is 2. The second-order valence-electron chi connectivity index (χ2n) is 6.77. The molecule has 1 fully saturated rings. The molecule has 2 amide bonds. The summed E-state index contributed by atoms with van der Waals surface area (Å²) < 4.78 is 0. The van der Waals surface area contributed by atoms with Gasteiger partial charge >= 0.3 is 0 Å². The molecule has 0 saturated carbocycles. The Labute approximate surface area is 162 Å². The molecule has 2 aromatic carbocycles. The topological polar surface area (TPSA) is 105 Å². The maximum Gasteiger partial charge on any atom is 0.293 e. The smallest absolute Gasteiger partial charge is 0.293 e. The molecule has 0 unspecified atom stereocenters. The quantitative estimate of drug-likeness (QED) is 0.606. The van der Waals surface area contributed by atoms with Gasteiger partial charge in [0.05, 0.1) is 4.92 Å². The van der Waals surface area contributed by atoms with E-state index in [1.54, 1.807) is 37.3 Å². The Hall–Kier alpha value is -3.42. The number of rotatable bonds is 5. The van der Waals surface area contributed by atoms with Crippen molar-refractivity contribution in [1.29, 1.82) is 0 Å². The lowest BCUT2D eigenvalue weighted by Crippen LogP contribution is -2.20. The predicted molar refractivity (Wildman–Crippen MR) is 108 cm³/mol. The van der Waals surface area contributed by atoms with Gasteiger partial charge in [-0.1, -0.05) is 6.07 Å². The number of carbonyl (C=O) groups excluding carboxylic acids is 2. The molecule has 0 aromatic heterocycles. The van der Waals surface area contributed by atoms with E-state index in [4.69, 9.17) is 0 Å². The number of hydrogen-bond acceptors (Lipinski definition) is 5. The average Bonchev–Trinajstić information content (AvgIpc) is 3.18. The van der Waals surface area contributed by atoms with Crippen molar-refractivity contribution in [2.75, 3.05) is 28.6 Å². The molecule has 2 N–H and O–H groups in total. The summed E-state index contributed by atoms with van der Waals surface area (Å²) in [4.78, 5) is 37.0. The zero-order valence-electron chi connectivity index (χ0n) is 15.8. The monoisotopic (exact) mass is 382 g/mol. The van der Waals surface area contributed by atoms with Crippen LogP contribution < -0.4 is 15.5 Å². The van der Waals surface area contributed by atoms with Crippen LogP contribution in [0.1, 0.15) is 35.7 Å². The number of amides is 2. The Kier molecular flexibility index (Phi) is 5.58. The SMILES string of the molecule is CC(=O)Nc1cccc(NC(=O)c2ccc(N3CCCC3)c([N+](=O)[O-])c2)c1C. The van der Waals surface area contributed by atoms with Gasteiger partial charge in [-0.15, -0.1) is 0 Å². The van der Waals surface area contributed by atoms with Crippen molar-refractivity contribution in [2.24, 2.45) is 0 Å². The summed E-state index contributed by atoms with van der Waals surface area (Å²) in [6, 6.07) is 9.72. The number of carbonyl (C=O) groups is 2. The summed E-state index contributed by atoms with van der Waals surface area (Å²) in [5.41, 5.74) is 2.51. The zero-order chi connectivity index (χ0) is 20.3. The van der Waals surface area contributed by atoms with E-state index < -0.39 is 10.8 Å². The number of nitro benzene ring substituents is 1.